The van der Waals surface area contributed by atoms with Gasteiger partial charge in [-0.1, -0.05) is 60.1 Å². The first-order valence-electron chi connectivity index (χ1n) is 26.9. The number of H-pyrrole nitrogens is 1. The van der Waals surface area contributed by atoms with E-state index in [2.05, 4.69) is 57.5 Å². The summed E-state index contributed by atoms with van der Waals surface area (Å²) in [5.41, 5.74) is 12.5. The number of aromatic amines is 1. The van der Waals surface area contributed by atoms with Crippen molar-refractivity contribution in [3.8, 4) is 5.82 Å². The molecule has 4 aliphatic rings. The second-order valence-corrected chi connectivity index (χ2v) is 21.5. The van der Waals surface area contributed by atoms with Gasteiger partial charge in [0.05, 0.1) is 36.7 Å². The van der Waals surface area contributed by atoms with E-state index >= 15 is 9.59 Å². The fraction of sp³-hybridized carbons (Fsp3) is 0.547. The number of aliphatic imine (C=N–C) groups is 1. The lowest BCUT2D eigenvalue weighted by molar-refractivity contribution is -0.147. The lowest BCUT2D eigenvalue weighted by Crippen LogP contribution is -2.61. The van der Waals surface area contributed by atoms with Crippen LogP contribution in [0, 0.1) is 23.7 Å². The Morgan fingerprint density at radius 3 is 2.21 bits per heavy atom. The molecule has 28 heteroatoms. The van der Waals surface area contributed by atoms with E-state index in [0.29, 0.717) is 28.5 Å². The largest absolute Gasteiger partial charge is 0.481 e. The molecule has 15 N–H and O–H groups in total. The number of Topliss-reactive ketones (excluding diaryl/α,β-unsaturated/α-hetero) is 2. The first kappa shape index (κ1) is 61.5. The summed E-state index contributed by atoms with van der Waals surface area (Å²) in [4.78, 5) is 177. The number of nitrogens with zero attached hydrogens (tertiary/aromatic N) is 3. The molecule has 28 nitrogen and oxygen atoms in total. The number of carboxylic acids is 2. The third-order valence-electron chi connectivity index (χ3n) is 14.7. The molecule has 1 saturated heterocycles. The predicted molar refractivity (Wildman–Crippen MR) is 288 cm³/mol. The zero-order chi connectivity index (χ0) is 59.6. The number of carbonyl (C=O) groups is 12. The Hall–Kier alpha value is -8.72. The molecule has 438 valence electrons. The van der Waals surface area contributed by atoms with Crippen LogP contribution in [0.15, 0.2) is 35.7 Å². The maximum Gasteiger partial charge on any atom is 0.326 e. The van der Waals surface area contributed by atoms with Crippen molar-refractivity contribution < 1.29 is 67.7 Å². The highest BCUT2D eigenvalue weighted by atomic mass is 16.4. The molecule has 2 unspecified atom stereocenters. The van der Waals surface area contributed by atoms with Gasteiger partial charge >= 0.3 is 11.9 Å². The number of nitrogens with one attached hydrogen (secondary N) is 9. The minimum atomic E-state index is -1.91. The highest BCUT2D eigenvalue weighted by Crippen LogP contribution is 2.35. The fourth-order valence-corrected chi connectivity index (χ4v) is 10.3. The van der Waals surface area contributed by atoms with Crippen LogP contribution in [0.25, 0.3) is 16.7 Å². The molecular weight excluding hydrogens is 1060 g/mol. The number of hydrogen-bond donors (Lipinski definition) is 13. The number of aromatic nitrogens is 3. The van der Waals surface area contributed by atoms with Crippen molar-refractivity contribution in [2.75, 3.05) is 13.1 Å². The standard InChI is InChI=1S/C53H72N14O14/c1-7-25(6)41-49(77)62-33-18-30-28-11-10-26(40(24(4)5)42(50(78)63-34(15-23(2)3)48(76)65-41)66-51(79)44(73)31-12-13-37(68)59-31)16-32(28)61-45(30)67-21-27(58-22-67)17-35(47(75)64-36(52(80)81)19-39(70)71)60-38(69)20-57-46(74)29(43(33)72)9-8-14-56-53(54)55/h10-11,16,21-25,29,31,33-36,40-42,61H,7-9,12-15,17-20H2,1-6H3,(H,57,74)(H,59,68)(H,60,69)(H,62,77)(H,63,78)(H,64,75)(H,65,76)(H,66,79)(H,70,71)(H,80,81)(H4,54,55,56)/t25?,29?,31-,33-,34-,35-,36-,40-,41-,42-/m0/s1. The van der Waals surface area contributed by atoms with Gasteiger partial charge < -0.3 is 69.2 Å². The number of guanidine groups is 1. The van der Waals surface area contributed by atoms with Crippen LogP contribution in [-0.4, -0.2) is 157 Å². The fourth-order valence-electron chi connectivity index (χ4n) is 10.3. The second kappa shape index (κ2) is 27.0. The van der Waals surface area contributed by atoms with Crippen LogP contribution >= 0.6 is 0 Å². The maximum absolute atomic E-state index is 15.4. The number of carbonyl (C=O) groups excluding carboxylic acids is 10. The van der Waals surface area contributed by atoms with Crippen molar-refractivity contribution in [2.45, 2.75) is 148 Å². The van der Waals surface area contributed by atoms with E-state index in [0.717, 1.165) is 0 Å². The molecule has 1 fully saturated rings. The molecule has 0 aliphatic carbocycles. The Labute approximate surface area is 465 Å². The van der Waals surface area contributed by atoms with Gasteiger partial charge in [0, 0.05) is 54.4 Å². The van der Waals surface area contributed by atoms with E-state index in [-0.39, 0.29) is 68.5 Å². The predicted octanol–water partition coefficient (Wildman–Crippen LogP) is -2.03. The topological polar surface area (TPSA) is 440 Å². The van der Waals surface area contributed by atoms with Crippen molar-refractivity contribution in [3.05, 3.63) is 47.5 Å². The average molecular weight is 1130 g/mol. The van der Waals surface area contributed by atoms with Crippen molar-refractivity contribution in [3.63, 3.8) is 0 Å². The van der Waals surface area contributed by atoms with Gasteiger partial charge in [-0.2, -0.15) is 0 Å². The van der Waals surface area contributed by atoms with Gasteiger partial charge in [-0.3, -0.25) is 62.3 Å². The van der Waals surface area contributed by atoms with E-state index in [9.17, 15) is 58.2 Å². The second-order valence-electron chi connectivity index (χ2n) is 21.5. The monoisotopic (exact) mass is 1130 g/mol. The highest BCUT2D eigenvalue weighted by Gasteiger charge is 2.42. The summed E-state index contributed by atoms with van der Waals surface area (Å²) in [6, 6.07) is -5.39. The smallest absolute Gasteiger partial charge is 0.326 e. The summed E-state index contributed by atoms with van der Waals surface area (Å²) in [6.07, 6.45) is 1.27. The molecule has 0 saturated carbocycles. The molecular formula is C53H72N14O14. The number of amides is 8. The molecule has 7 bridgehead atoms. The minimum absolute atomic E-state index is 0.0109. The first-order chi connectivity index (χ1) is 38.3. The molecule has 8 amide bonds. The molecule has 3 aromatic rings. The number of hydrogen-bond acceptors (Lipinski definition) is 14. The Bertz CT molecular complexity index is 2980. The van der Waals surface area contributed by atoms with Gasteiger partial charge in [-0.15, -0.1) is 0 Å². The molecule has 6 heterocycles. The number of carboxylic acid groups (broad SMARTS) is 2. The molecule has 1 aromatic carbocycles. The molecule has 10 atom stereocenters. The third kappa shape index (κ3) is 15.6. The Balaban J connectivity index is 1.60. The van der Waals surface area contributed by atoms with Crippen molar-refractivity contribution in [2.24, 2.45) is 40.1 Å². The number of fused-ring (bicyclic) bond motifs is 13. The quantitative estimate of drug-likeness (QED) is 0.0173. The van der Waals surface area contributed by atoms with E-state index < -0.39 is 156 Å². The molecule has 81 heavy (non-hydrogen) atoms. The highest BCUT2D eigenvalue weighted by molar-refractivity contribution is 6.39. The summed E-state index contributed by atoms with van der Waals surface area (Å²) in [6.45, 7) is 9.78. The van der Waals surface area contributed by atoms with Crippen molar-refractivity contribution in [1.29, 1.82) is 0 Å². The van der Waals surface area contributed by atoms with E-state index in [1.54, 1.807) is 45.9 Å². The minimum Gasteiger partial charge on any atom is -0.481 e. The number of imidazole rings is 1. The summed E-state index contributed by atoms with van der Waals surface area (Å²) in [7, 11) is 0. The van der Waals surface area contributed by atoms with Crippen LogP contribution < -0.4 is 54.0 Å². The lowest BCUT2D eigenvalue weighted by Gasteiger charge is -2.33. The van der Waals surface area contributed by atoms with Gasteiger partial charge in [-0.25, -0.2) is 9.78 Å². The van der Waals surface area contributed by atoms with Crippen LogP contribution in [0.2, 0.25) is 0 Å². The number of aliphatic carboxylic acids is 2. The van der Waals surface area contributed by atoms with Gasteiger partial charge in [0.25, 0.3) is 5.91 Å². The van der Waals surface area contributed by atoms with Crippen LogP contribution in [0.1, 0.15) is 109 Å². The summed E-state index contributed by atoms with van der Waals surface area (Å²) in [5.74, 6) is -16.1. The zero-order valence-electron chi connectivity index (χ0n) is 45.9. The Kier molecular flexibility index (Phi) is 20.5. The van der Waals surface area contributed by atoms with Gasteiger partial charge in [0.2, 0.25) is 47.1 Å². The van der Waals surface area contributed by atoms with Gasteiger partial charge in [0.1, 0.15) is 42.4 Å². The number of nitrogens with two attached hydrogens (primary N) is 2. The summed E-state index contributed by atoms with van der Waals surface area (Å²) in [5, 5.41) is 40.2. The van der Waals surface area contributed by atoms with Crippen LogP contribution in [0.5, 0.6) is 0 Å². The zero-order valence-corrected chi connectivity index (χ0v) is 45.9. The first-order valence-corrected chi connectivity index (χ1v) is 26.9. The van der Waals surface area contributed by atoms with Crippen LogP contribution in [0.4, 0.5) is 0 Å². The summed E-state index contributed by atoms with van der Waals surface area (Å²) < 4.78 is 1.49. The molecule has 4 aliphatic heterocycles. The van der Waals surface area contributed by atoms with Crippen molar-refractivity contribution >= 4 is 87.6 Å². The summed E-state index contributed by atoms with van der Waals surface area (Å²) >= 11 is 0. The number of ketones is 2. The van der Waals surface area contributed by atoms with Gasteiger partial charge in [-0.05, 0) is 55.1 Å². The Morgan fingerprint density at radius 2 is 1.58 bits per heavy atom. The molecule has 2 aromatic heterocycles. The normalized spacial score (nSPS) is 23.8. The lowest BCUT2D eigenvalue weighted by atomic mass is 9.81. The molecule has 0 spiro atoms. The Morgan fingerprint density at radius 1 is 0.864 bits per heavy atom. The third-order valence-corrected chi connectivity index (χ3v) is 14.7. The number of benzene rings is 1. The average Bonchev–Trinajstić information content (AvgIpc) is 4.20. The van der Waals surface area contributed by atoms with Gasteiger partial charge in [0.15, 0.2) is 11.7 Å². The van der Waals surface area contributed by atoms with Crippen LogP contribution in [0.3, 0.4) is 0 Å². The van der Waals surface area contributed by atoms with Crippen molar-refractivity contribution in [1.82, 2.24) is 57.1 Å². The molecule has 7 rings (SSSR count). The van der Waals surface area contributed by atoms with E-state index in [1.807, 2.05) is 13.8 Å². The number of rotatable bonds is 17. The van der Waals surface area contributed by atoms with E-state index in [1.165, 1.54) is 17.1 Å². The molecule has 0 radical (unpaired) electrons. The maximum atomic E-state index is 15.4. The SMILES string of the molecule is CCC(C)[C@@H]1NC(=O)[C@H](CC(C)C)NC(=O)[C@@H](NC(=O)C(=O)[C@@H]2CCC(=O)N2)[C@@H](C(C)C)c2ccc3c4c([nH]c3c2)-n2cnc(c2)C[C@@H](C(=O)N[C@@H](CC(=O)O)C(=O)O)NC(=O)CNC(=O)C(CCCN=C(N)N)C(=O)[C@H](C4)NC1=O. The van der Waals surface area contributed by atoms with Crippen LogP contribution in [-0.2, 0) is 70.4 Å². The van der Waals surface area contributed by atoms with E-state index in [4.69, 9.17) is 11.5 Å².